The van der Waals surface area contributed by atoms with Crippen LogP contribution in [0, 0.1) is 0 Å². The van der Waals surface area contributed by atoms with Gasteiger partial charge in [0.25, 0.3) is 0 Å². The molecule has 6 rings (SSSR count). The van der Waals surface area contributed by atoms with Crippen molar-refractivity contribution < 1.29 is 0 Å². The molecule has 2 heterocycles. The summed E-state index contributed by atoms with van der Waals surface area (Å²) in [4.78, 5) is 7.61. The second-order valence-electron chi connectivity index (χ2n) is 8.30. The van der Waals surface area contributed by atoms with Crippen molar-refractivity contribution in [3.63, 3.8) is 0 Å². The lowest BCUT2D eigenvalue weighted by Crippen LogP contribution is -2.56. The number of para-hydroxylation sites is 2. The van der Waals surface area contributed by atoms with E-state index in [1.807, 2.05) is 0 Å². The number of hydrogen-bond donors (Lipinski definition) is 1. The molecule has 0 bridgehead atoms. The molecule has 4 heteroatoms. The molecule has 0 amide bonds. The van der Waals surface area contributed by atoms with E-state index in [0.29, 0.717) is 6.04 Å². The van der Waals surface area contributed by atoms with Gasteiger partial charge >= 0.3 is 0 Å². The van der Waals surface area contributed by atoms with Gasteiger partial charge in [-0.3, -0.25) is 9.80 Å². The molecule has 0 spiro atoms. The molecule has 29 heavy (non-hydrogen) atoms. The number of anilines is 2. The SMILES string of the molecule is CN1c2ccccc2N[C@H]1N1CCN(C2c3ccccc3-c3ccccc32)CC1. The van der Waals surface area contributed by atoms with E-state index in [1.54, 1.807) is 0 Å². The van der Waals surface area contributed by atoms with E-state index in [-0.39, 0.29) is 6.29 Å². The Morgan fingerprint density at radius 2 is 1.24 bits per heavy atom. The summed E-state index contributed by atoms with van der Waals surface area (Å²) in [7, 11) is 2.19. The van der Waals surface area contributed by atoms with E-state index in [1.165, 1.54) is 33.6 Å². The maximum Gasteiger partial charge on any atom is 0.158 e. The minimum Gasteiger partial charge on any atom is -0.351 e. The summed E-state index contributed by atoms with van der Waals surface area (Å²) in [5.74, 6) is 0. The molecule has 1 aliphatic carbocycles. The highest BCUT2D eigenvalue weighted by Crippen LogP contribution is 2.46. The standard InChI is InChI=1S/C25H26N4/c1-27-23-13-7-6-12-22(23)26-25(27)29-16-14-28(15-17-29)24-20-10-4-2-8-18(20)19-9-3-5-11-21(19)24/h2-13,24-26H,14-17H2,1H3/t25-/m1/s1. The van der Waals surface area contributed by atoms with Crippen LogP contribution < -0.4 is 10.2 Å². The predicted octanol–water partition coefficient (Wildman–Crippen LogP) is 4.22. The third kappa shape index (κ3) is 2.60. The van der Waals surface area contributed by atoms with Gasteiger partial charge in [0.2, 0.25) is 0 Å². The summed E-state index contributed by atoms with van der Waals surface area (Å²) >= 11 is 0. The first-order valence-electron chi connectivity index (χ1n) is 10.6. The highest BCUT2D eigenvalue weighted by Gasteiger charge is 2.37. The van der Waals surface area contributed by atoms with Gasteiger partial charge in [0.15, 0.2) is 6.29 Å². The van der Waals surface area contributed by atoms with Gasteiger partial charge in [0, 0.05) is 33.2 Å². The first-order valence-corrected chi connectivity index (χ1v) is 10.6. The van der Waals surface area contributed by atoms with Crippen LogP contribution in [-0.4, -0.2) is 49.3 Å². The summed E-state index contributed by atoms with van der Waals surface area (Å²) in [6.45, 7) is 4.29. The molecule has 0 aromatic heterocycles. The largest absolute Gasteiger partial charge is 0.351 e. The van der Waals surface area contributed by atoms with Crippen molar-refractivity contribution in [2.45, 2.75) is 12.3 Å². The van der Waals surface area contributed by atoms with Crippen molar-refractivity contribution in [1.82, 2.24) is 9.80 Å². The fourth-order valence-corrected chi connectivity index (χ4v) is 5.37. The number of benzene rings is 3. The van der Waals surface area contributed by atoms with Gasteiger partial charge in [-0.15, -0.1) is 0 Å². The number of nitrogens with zero attached hydrogens (tertiary/aromatic N) is 3. The maximum atomic E-state index is 3.70. The molecular weight excluding hydrogens is 356 g/mol. The van der Waals surface area contributed by atoms with Crippen molar-refractivity contribution in [1.29, 1.82) is 0 Å². The Labute approximate surface area is 172 Å². The summed E-state index contributed by atoms with van der Waals surface area (Å²) in [6.07, 6.45) is 0.248. The molecule has 3 aromatic rings. The van der Waals surface area contributed by atoms with E-state index in [0.717, 1.165) is 26.2 Å². The molecule has 1 saturated heterocycles. The van der Waals surface area contributed by atoms with Gasteiger partial charge in [-0.1, -0.05) is 60.7 Å². The second kappa shape index (κ2) is 6.61. The Kier molecular flexibility index (Phi) is 3.89. The third-order valence-electron chi connectivity index (χ3n) is 6.80. The second-order valence-corrected chi connectivity index (χ2v) is 8.30. The molecule has 146 valence electrons. The fourth-order valence-electron chi connectivity index (χ4n) is 5.37. The third-order valence-corrected chi connectivity index (χ3v) is 6.80. The number of piperazine rings is 1. The summed E-state index contributed by atoms with van der Waals surface area (Å²) < 4.78 is 0. The summed E-state index contributed by atoms with van der Waals surface area (Å²) in [5.41, 5.74) is 8.27. The number of hydrogen-bond acceptors (Lipinski definition) is 4. The average molecular weight is 383 g/mol. The minimum atomic E-state index is 0.248. The lowest BCUT2D eigenvalue weighted by molar-refractivity contribution is 0.0896. The molecular formula is C25H26N4. The molecule has 3 aliphatic rings. The van der Waals surface area contributed by atoms with Crippen LogP contribution in [-0.2, 0) is 0 Å². The van der Waals surface area contributed by atoms with Gasteiger partial charge in [-0.25, -0.2) is 0 Å². The number of nitrogens with one attached hydrogen (secondary N) is 1. The fraction of sp³-hybridized carbons (Fsp3) is 0.280. The lowest BCUT2D eigenvalue weighted by atomic mass is 10.0. The highest BCUT2D eigenvalue weighted by molar-refractivity contribution is 5.78. The molecule has 2 aliphatic heterocycles. The first-order chi connectivity index (χ1) is 14.3. The van der Waals surface area contributed by atoms with Crippen LogP contribution in [0.1, 0.15) is 17.2 Å². The van der Waals surface area contributed by atoms with E-state index in [2.05, 4.69) is 99.9 Å². The Bertz CT molecular complexity index is 1010. The zero-order chi connectivity index (χ0) is 19.4. The van der Waals surface area contributed by atoms with E-state index in [9.17, 15) is 0 Å². The predicted molar refractivity (Wildman–Crippen MR) is 119 cm³/mol. The van der Waals surface area contributed by atoms with E-state index in [4.69, 9.17) is 0 Å². The maximum absolute atomic E-state index is 3.70. The Morgan fingerprint density at radius 3 is 1.90 bits per heavy atom. The van der Waals surface area contributed by atoms with Gasteiger partial charge in [-0.05, 0) is 34.4 Å². The quantitative estimate of drug-likeness (QED) is 0.716. The van der Waals surface area contributed by atoms with Crippen molar-refractivity contribution in [3.05, 3.63) is 83.9 Å². The van der Waals surface area contributed by atoms with Gasteiger partial charge in [0.1, 0.15) is 0 Å². The lowest BCUT2D eigenvalue weighted by Gasteiger charge is -2.42. The van der Waals surface area contributed by atoms with Gasteiger partial charge in [-0.2, -0.15) is 0 Å². The smallest absolute Gasteiger partial charge is 0.158 e. The molecule has 1 atom stereocenters. The van der Waals surface area contributed by atoms with Gasteiger partial charge in [0.05, 0.1) is 17.4 Å². The molecule has 4 nitrogen and oxygen atoms in total. The number of fused-ring (bicyclic) bond motifs is 4. The van der Waals surface area contributed by atoms with Gasteiger partial charge < -0.3 is 10.2 Å². The summed E-state index contributed by atoms with van der Waals surface area (Å²) in [6, 6.07) is 26.9. The normalized spacial score (nSPS) is 21.6. The van der Waals surface area contributed by atoms with Crippen LogP contribution in [0.5, 0.6) is 0 Å². The molecule has 1 N–H and O–H groups in total. The topological polar surface area (TPSA) is 21.8 Å². The highest BCUT2D eigenvalue weighted by atomic mass is 15.5. The Morgan fingerprint density at radius 1 is 0.690 bits per heavy atom. The monoisotopic (exact) mass is 382 g/mol. The summed E-state index contributed by atoms with van der Waals surface area (Å²) in [5, 5.41) is 3.70. The zero-order valence-electron chi connectivity index (χ0n) is 16.8. The van der Waals surface area contributed by atoms with Crippen LogP contribution in [0.2, 0.25) is 0 Å². The number of rotatable bonds is 2. The van der Waals surface area contributed by atoms with Crippen LogP contribution >= 0.6 is 0 Å². The van der Waals surface area contributed by atoms with Crippen LogP contribution in [0.4, 0.5) is 11.4 Å². The molecule has 3 aromatic carbocycles. The van der Waals surface area contributed by atoms with Crippen molar-refractivity contribution >= 4 is 11.4 Å². The molecule has 0 saturated carbocycles. The van der Waals surface area contributed by atoms with Crippen molar-refractivity contribution in [2.24, 2.45) is 0 Å². The minimum absolute atomic E-state index is 0.248. The first kappa shape index (κ1) is 17.1. The molecule has 1 fully saturated rings. The van der Waals surface area contributed by atoms with Crippen LogP contribution in [0.3, 0.4) is 0 Å². The van der Waals surface area contributed by atoms with Crippen molar-refractivity contribution in [2.75, 3.05) is 43.4 Å². The average Bonchev–Trinajstić information content (AvgIpc) is 3.29. The molecule has 0 unspecified atom stereocenters. The molecule has 0 radical (unpaired) electrons. The Balaban J connectivity index is 1.23. The van der Waals surface area contributed by atoms with Crippen LogP contribution in [0.25, 0.3) is 11.1 Å². The van der Waals surface area contributed by atoms with E-state index >= 15 is 0 Å². The van der Waals surface area contributed by atoms with Crippen molar-refractivity contribution in [3.8, 4) is 11.1 Å². The Hall–Kier alpha value is -2.82. The van der Waals surface area contributed by atoms with Crippen LogP contribution in [0.15, 0.2) is 72.8 Å². The van der Waals surface area contributed by atoms with E-state index < -0.39 is 0 Å². The zero-order valence-corrected chi connectivity index (χ0v) is 16.8.